The lowest BCUT2D eigenvalue weighted by Gasteiger charge is -2.25. The Morgan fingerprint density at radius 3 is 1.38 bits per heavy atom. The van der Waals surface area contributed by atoms with E-state index in [0.29, 0.717) is 0 Å². The molecular formula is C21H42. The second-order valence-corrected chi connectivity index (χ2v) is 8.18. The quantitative estimate of drug-likeness (QED) is 0.489. The van der Waals surface area contributed by atoms with Crippen molar-refractivity contribution in [3.8, 4) is 0 Å². The van der Waals surface area contributed by atoms with Gasteiger partial charge in [0, 0.05) is 0 Å². The Bertz CT molecular complexity index is 213. The van der Waals surface area contributed by atoms with E-state index >= 15 is 0 Å². The van der Waals surface area contributed by atoms with Crippen molar-refractivity contribution in [2.75, 3.05) is 0 Å². The molecule has 0 aromatic heterocycles. The van der Waals surface area contributed by atoms with Gasteiger partial charge in [-0.3, -0.25) is 0 Å². The van der Waals surface area contributed by atoms with Gasteiger partial charge in [0.05, 0.1) is 0 Å². The summed E-state index contributed by atoms with van der Waals surface area (Å²) in [6, 6.07) is 0. The molecule has 2 rings (SSSR count). The first-order valence-electron chi connectivity index (χ1n) is 10.2. The maximum atomic E-state index is 2.40. The topological polar surface area (TPSA) is 0 Å². The van der Waals surface area contributed by atoms with Crippen molar-refractivity contribution in [2.45, 2.75) is 111 Å². The zero-order valence-electron chi connectivity index (χ0n) is 15.5. The van der Waals surface area contributed by atoms with Crippen LogP contribution in [-0.2, 0) is 0 Å². The molecule has 0 heteroatoms. The first-order valence-corrected chi connectivity index (χ1v) is 10.2. The average Bonchev–Trinajstić information content (AvgIpc) is 2.50. The minimum atomic E-state index is 1.02. The average molecular weight is 295 g/mol. The Morgan fingerprint density at radius 2 is 1.00 bits per heavy atom. The maximum absolute atomic E-state index is 2.40. The van der Waals surface area contributed by atoms with Gasteiger partial charge in [0.15, 0.2) is 0 Å². The first kappa shape index (κ1) is 19.0. The minimum absolute atomic E-state index is 1.02. The molecule has 0 radical (unpaired) electrons. The van der Waals surface area contributed by atoms with Gasteiger partial charge in [0.2, 0.25) is 0 Å². The van der Waals surface area contributed by atoms with Crippen LogP contribution in [0.4, 0.5) is 0 Å². The van der Waals surface area contributed by atoms with Crippen molar-refractivity contribution in [2.24, 2.45) is 23.7 Å². The molecule has 0 bridgehead atoms. The third-order valence-corrected chi connectivity index (χ3v) is 5.93. The molecular weight excluding hydrogens is 252 g/mol. The number of rotatable bonds is 5. The van der Waals surface area contributed by atoms with E-state index in [1.807, 2.05) is 0 Å². The van der Waals surface area contributed by atoms with Crippen molar-refractivity contribution < 1.29 is 0 Å². The van der Waals surface area contributed by atoms with Gasteiger partial charge in [-0.2, -0.15) is 0 Å². The summed E-state index contributed by atoms with van der Waals surface area (Å²) >= 11 is 0. The summed E-state index contributed by atoms with van der Waals surface area (Å²) in [5.41, 5.74) is 0. The van der Waals surface area contributed by atoms with Crippen LogP contribution >= 0.6 is 0 Å². The molecule has 0 unspecified atom stereocenters. The molecule has 0 aromatic carbocycles. The fraction of sp³-hybridized carbons (Fsp3) is 1.00. The zero-order valence-corrected chi connectivity index (χ0v) is 15.5. The van der Waals surface area contributed by atoms with Crippen LogP contribution in [0, 0.1) is 23.7 Å². The Balaban J connectivity index is 0.000000211. The predicted molar refractivity (Wildman–Crippen MR) is 96.7 cm³/mol. The molecule has 0 saturated heterocycles. The van der Waals surface area contributed by atoms with E-state index < -0.39 is 0 Å². The summed E-state index contributed by atoms with van der Waals surface area (Å²) in [7, 11) is 0. The monoisotopic (exact) mass is 294 g/mol. The lowest BCUT2D eigenvalue weighted by Crippen LogP contribution is -2.11. The second-order valence-electron chi connectivity index (χ2n) is 8.18. The van der Waals surface area contributed by atoms with Crippen LogP contribution in [0.15, 0.2) is 0 Å². The van der Waals surface area contributed by atoms with Gasteiger partial charge in [-0.15, -0.1) is 0 Å². The first-order chi connectivity index (χ1) is 10.2. The number of hydrogen-bond acceptors (Lipinski definition) is 0. The standard InChI is InChI=1S/C11H22.C10H20/c1-3-4-5-11-8-6-10(2)7-9-11;1-3-4-10-7-5-9(2)6-8-10/h10-11H,3-9H2,1-2H3;9-10H,3-8H2,1-2H3. The fourth-order valence-corrected chi connectivity index (χ4v) is 4.14. The molecule has 2 aliphatic carbocycles. The van der Waals surface area contributed by atoms with Crippen LogP contribution in [0.1, 0.15) is 111 Å². The highest BCUT2D eigenvalue weighted by Gasteiger charge is 2.17. The molecule has 126 valence electrons. The minimum Gasteiger partial charge on any atom is -0.0654 e. The van der Waals surface area contributed by atoms with Gasteiger partial charge < -0.3 is 0 Å². The highest BCUT2D eigenvalue weighted by molar-refractivity contribution is 4.70. The second kappa shape index (κ2) is 11.6. The molecule has 21 heavy (non-hydrogen) atoms. The van der Waals surface area contributed by atoms with Crippen LogP contribution < -0.4 is 0 Å². The van der Waals surface area contributed by atoms with Crippen molar-refractivity contribution in [1.82, 2.24) is 0 Å². The van der Waals surface area contributed by atoms with Gasteiger partial charge in [-0.1, -0.05) is 111 Å². The SMILES string of the molecule is CCCC1CCC(C)CC1.CCCCC1CCC(C)CC1. The summed E-state index contributed by atoms with van der Waals surface area (Å²) in [4.78, 5) is 0. The molecule has 0 N–H and O–H groups in total. The van der Waals surface area contributed by atoms with E-state index in [4.69, 9.17) is 0 Å². The molecule has 2 saturated carbocycles. The number of unbranched alkanes of at least 4 members (excludes halogenated alkanes) is 1. The number of hydrogen-bond donors (Lipinski definition) is 0. The van der Waals surface area contributed by atoms with Gasteiger partial charge in [0.1, 0.15) is 0 Å². The third-order valence-electron chi connectivity index (χ3n) is 5.93. The van der Waals surface area contributed by atoms with Crippen LogP contribution in [0.2, 0.25) is 0 Å². The molecule has 0 aromatic rings. The van der Waals surface area contributed by atoms with Crippen LogP contribution in [0.25, 0.3) is 0 Å². The summed E-state index contributed by atoms with van der Waals surface area (Å²) in [6.07, 6.45) is 19.2. The highest BCUT2D eigenvalue weighted by Crippen LogP contribution is 2.31. The van der Waals surface area contributed by atoms with E-state index in [1.165, 1.54) is 83.5 Å². The van der Waals surface area contributed by atoms with Crippen LogP contribution in [0.3, 0.4) is 0 Å². The summed E-state index contributed by atoms with van der Waals surface area (Å²) in [5.74, 6) is 4.22. The molecule has 2 aliphatic rings. The van der Waals surface area contributed by atoms with Gasteiger partial charge >= 0.3 is 0 Å². The molecule has 0 heterocycles. The third kappa shape index (κ3) is 8.89. The van der Waals surface area contributed by atoms with Crippen molar-refractivity contribution >= 4 is 0 Å². The maximum Gasteiger partial charge on any atom is -0.0414 e. The van der Waals surface area contributed by atoms with Gasteiger partial charge in [-0.25, -0.2) is 0 Å². The van der Waals surface area contributed by atoms with E-state index in [-0.39, 0.29) is 0 Å². The summed E-state index contributed by atoms with van der Waals surface area (Å²) in [5, 5.41) is 0. The van der Waals surface area contributed by atoms with Crippen molar-refractivity contribution in [1.29, 1.82) is 0 Å². The van der Waals surface area contributed by atoms with E-state index in [1.54, 1.807) is 0 Å². The Hall–Kier alpha value is 0. The van der Waals surface area contributed by atoms with E-state index in [0.717, 1.165) is 23.7 Å². The lowest BCUT2D eigenvalue weighted by atomic mass is 9.81. The van der Waals surface area contributed by atoms with Crippen molar-refractivity contribution in [3.63, 3.8) is 0 Å². The van der Waals surface area contributed by atoms with Crippen LogP contribution in [-0.4, -0.2) is 0 Å². The van der Waals surface area contributed by atoms with E-state index in [2.05, 4.69) is 27.7 Å². The molecule has 2 fully saturated rings. The zero-order chi connectivity index (χ0) is 15.5. The molecule has 0 nitrogen and oxygen atoms in total. The summed E-state index contributed by atoms with van der Waals surface area (Å²) < 4.78 is 0. The van der Waals surface area contributed by atoms with Crippen molar-refractivity contribution in [3.05, 3.63) is 0 Å². The van der Waals surface area contributed by atoms with Crippen LogP contribution in [0.5, 0.6) is 0 Å². The van der Waals surface area contributed by atoms with Gasteiger partial charge in [-0.05, 0) is 23.7 Å². The Morgan fingerprint density at radius 1 is 0.571 bits per heavy atom. The predicted octanol–water partition coefficient (Wildman–Crippen LogP) is 7.62. The lowest BCUT2D eigenvalue weighted by molar-refractivity contribution is 0.273. The smallest absolute Gasteiger partial charge is 0.0414 e. The van der Waals surface area contributed by atoms with Gasteiger partial charge in [0.25, 0.3) is 0 Å². The summed E-state index contributed by atoms with van der Waals surface area (Å²) in [6.45, 7) is 9.39. The fourth-order valence-electron chi connectivity index (χ4n) is 4.14. The molecule has 0 amide bonds. The Kier molecular flexibility index (Phi) is 10.5. The Labute approximate surface area is 135 Å². The molecule has 0 aliphatic heterocycles. The van der Waals surface area contributed by atoms with E-state index in [9.17, 15) is 0 Å². The molecule has 0 atom stereocenters. The molecule has 0 spiro atoms. The largest absolute Gasteiger partial charge is 0.0654 e. The normalized spacial score (nSPS) is 33.1. The highest BCUT2D eigenvalue weighted by atomic mass is 14.2.